The molecule has 0 radical (unpaired) electrons. The molecule has 0 aromatic carbocycles. The Kier molecular flexibility index (Phi) is 4.60. The molecule has 1 aromatic rings. The highest BCUT2D eigenvalue weighted by atomic mass is 32.1. The molecule has 96 valence electrons. The van der Waals surface area contributed by atoms with Crippen molar-refractivity contribution in [3.63, 3.8) is 0 Å². The zero-order chi connectivity index (χ0) is 12.3. The van der Waals surface area contributed by atoms with Crippen LogP contribution in [0.3, 0.4) is 0 Å². The Bertz CT molecular complexity index is 321. The number of likely N-dealkylation sites (tertiary alicyclic amines) is 1. The highest BCUT2D eigenvalue weighted by Gasteiger charge is 2.24. The Morgan fingerprint density at radius 3 is 2.88 bits per heavy atom. The van der Waals surface area contributed by atoms with E-state index in [0.29, 0.717) is 18.1 Å². The van der Waals surface area contributed by atoms with Gasteiger partial charge in [0.05, 0.1) is 0 Å². The standard InChI is InChI=1S/C14H24N2S/c1-11(2)16-7-6-13(10-16)15-12(3)9-14-5-4-8-17-14/h4-5,8,11-13,15H,6-7,9-10H2,1-3H3. The molecule has 2 unspecified atom stereocenters. The summed E-state index contributed by atoms with van der Waals surface area (Å²) in [5, 5.41) is 5.93. The second-order valence-electron chi connectivity index (χ2n) is 5.43. The Hall–Kier alpha value is -0.380. The quantitative estimate of drug-likeness (QED) is 0.867. The minimum absolute atomic E-state index is 0.589. The maximum atomic E-state index is 3.77. The van der Waals surface area contributed by atoms with E-state index in [2.05, 4.69) is 48.5 Å². The fourth-order valence-corrected chi connectivity index (χ4v) is 3.42. The van der Waals surface area contributed by atoms with E-state index in [9.17, 15) is 0 Å². The molecule has 2 nitrogen and oxygen atoms in total. The highest BCUT2D eigenvalue weighted by Crippen LogP contribution is 2.15. The SMILES string of the molecule is CC(Cc1cccs1)NC1CCN(C(C)C)C1. The molecule has 0 saturated carbocycles. The minimum Gasteiger partial charge on any atom is -0.310 e. The second-order valence-corrected chi connectivity index (χ2v) is 6.46. The van der Waals surface area contributed by atoms with Crippen molar-refractivity contribution in [2.24, 2.45) is 0 Å². The molecule has 3 heteroatoms. The molecule has 1 aliphatic rings. The molecular weight excluding hydrogens is 228 g/mol. The average molecular weight is 252 g/mol. The van der Waals surface area contributed by atoms with E-state index < -0.39 is 0 Å². The first kappa shape index (κ1) is 13.1. The average Bonchev–Trinajstić information content (AvgIpc) is 2.88. The summed E-state index contributed by atoms with van der Waals surface area (Å²) in [5.41, 5.74) is 0. The number of nitrogens with one attached hydrogen (secondary N) is 1. The molecule has 2 heterocycles. The Morgan fingerprint density at radius 2 is 2.29 bits per heavy atom. The summed E-state index contributed by atoms with van der Waals surface area (Å²) in [5.74, 6) is 0. The predicted octanol–water partition coefficient (Wildman–Crippen LogP) is 2.75. The number of thiophene rings is 1. The van der Waals surface area contributed by atoms with E-state index in [-0.39, 0.29) is 0 Å². The van der Waals surface area contributed by atoms with Crippen LogP contribution in [0.4, 0.5) is 0 Å². The molecule has 0 spiro atoms. The number of rotatable bonds is 5. The van der Waals surface area contributed by atoms with Crippen LogP contribution in [-0.4, -0.2) is 36.1 Å². The van der Waals surface area contributed by atoms with Gasteiger partial charge in [-0.1, -0.05) is 6.07 Å². The highest BCUT2D eigenvalue weighted by molar-refractivity contribution is 7.09. The molecule has 0 bridgehead atoms. The Labute approximate surface area is 109 Å². The van der Waals surface area contributed by atoms with Crippen LogP contribution in [0.5, 0.6) is 0 Å². The van der Waals surface area contributed by atoms with E-state index in [1.54, 1.807) is 0 Å². The van der Waals surface area contributed by atoms with Gasteiger partial charge in [-0.2, -0.15) is 0 Å². The third-order valence-electron chi connectivity index (χ3n) is 3.56. The molecule has 0 aliphatic carbocycles. The van der Waals surface area contributed by atoms with Crippen LogP contribution < -0.4 is 5.32 Å². The summed E-state index contributed by atoms with van der Waals surface area (Å²) in [7, 11) is 0. The number of hydrogen-bond acceptors (Lipinski definition) is 3. The lowest BCUT2D eigenvalue weighted by Crippen LogP contribution is -2.40. The third-order valence-corrected chi connectivity index (χ3v) is 4.46. The molecule has 1 saturated heterocycles. The van der Waals surface area contributed by atoms with Crippen molar-refractivity contribution in [3.05, 3.63) is 22.4 Å². The zero-order valence-electron chi connectivity index (χ0n) is 11.1. The van der Waals surface area contributed by atoms with Gasteiger partial charge < -0.3 is 5.32 Å². The molecule has 1 aliphatic heterocycles. The van der Waals surface area contributed by atoms with Crippen LogP contribution >= 0.6 is 11.3 Å². The van der Waals surface area contributed by atoms with Crippen molar-refractivity contribution in [2.75, 3.05) is 13.1 Å². The monoisotopic (exact) mass is 252 g/mol. The molecule has 17 heavy (non-hydrogen) atoms. The summed E-state index contributed by atoms with van der Waals surface area (Å²) in [6, 6.07) is 6.34. The molecule has 0 amide bonds. The van der Waals surface area contributed by atoms with Crippen LogP contribution in [0.2, 0.25) is 0 Å². The summed E-state index contributed by atoms with van der Waals surface area (Å²) >= 11 is 1.86. The molecule has 1 aromatic heterocycles. The van der Waals surface area contributed by atoms with Crippen molar-refractivity contribution >= 4 is 11.3 Å². The van der Waals surface area contributed by atoms with Gasteiger partial charge in [0.2, 0.25) is 0 Å². The van der Waals surface area contributed by atoms with Crippen molar-refractivity contribution < 1.29 is 0 Å². The molecule has 2 rings (SSSR count). The lowest BCUT2D eigenvalue weighted by molar-refractivity contribution is 0.266. The largest absolute Gasteiger partial charge is 0.310 e. The Morgan fingerprint density at radius 1 is 1.47 bits per heavy atom. The first-order valence-corrected chi connectivity index (χ1v) is 7.55. The van der Waals surface area contributed by atoms with Crippen molar-refractivity contribution in [3.8, 4) is 0 Å². The maximum absolute atomic E-state index is 3.77. The topological polar surface area (TPSA) is 15.3 Å². The van der Waals surface area contributed by atoms with Gasteiger partial charge in [-0.25, -0.2) is 0 Å². The van der Waals surface area contributed by atoms with Gasteiger partial charge in [0.15, 0.2) is 0 Å². The third kappa shape index (κ3) is 3.80. The van der Waals surface area contributed by atoms with Crippen molar-refractivity contribution in [1.82, 2.24) is 10.2 Å². The van der Waals surface area contributed by atoms with Gasteiger partial charge in [0.1, 0.15) is 0 Å². The molecule has 1 fully saturated rings. The Balaban J connectivity index is 1.74. The van der Waals surface area contributed by atoms with Gasteiger partial charge in [0.25, 0.3) is 0 Å². The summed E-state index contributed by atoms with van der Waals surface area (Å²) in [6.07, 6.45) is 2.46. The smallest absolute Gasteiger partial charge is 0.0209 e. The van der Waals surface area contributed by atoms with Gasteiger partial charge >= 0.3 is 0 Å². The molecule has 2 atom stereocenters. The summed E-state index contributed by atoms with van der Waals surface area (Å²) < 4.78 is 0. The van der Waals surface area contributed by atoms with Crippen LogP contribution in [0.1, 0.15) is 32.1 Å². The van der Waals surface area contributed by atoms with E-state index >= 15 is 0 Å². The van der Waals surface area contributed by atoms with Crippen LogP contribution in [0.15, 0.2) is 17.5 Å². The van der Waals surface area contributed by atoms with Crippen LogP contribution in [0, 0.1) is 0 Å². The van der Waals surface area contributed by atoms with Gasteiger partial charge in [-0.05, 0) is 51.6 Å². The lowest BCUT2D eigenvalue weighted by Gasteiger charge is -2.22. The maximum Gasteiger partial charge on any atom is 0.0209 e. The first-order valence-electron chi connectivity index (χ1n) is 6.67. The molecule has 1 N–H and O–H groups in total. The first-order chi connectivity index (χ1) is 8.15. The molecular formula is C14H24N2S. The van der Waals surface area contributed by atoms with E-state index in [0.717, 1.165) is 6.42 Å². The normalized spacial score (nSPS) is 23.4. The van der Waals surface area contributed by atoms with Crippen LogP contribution in [-0.2, 0) is 6.42 Å². The fraction of sp³-hybridized carbons (Fsp3) is 0.714. The van der Waals surface area contributed by atoms with Crippen molar-refractivity contribution in [2.45, 2.75) is 51.7 Å². The van der Waals surface area contributed by atoms with E-state index in [1.165, 1.54) is 24.4 Å². The second kappa shape index (κ2) is 5.98. The van der Waals surface area contributed by atoms with E-state index in [1.807, 2.05) is 11.3 Å². The lowest BCUT2D eigenvalue weighted by atomic mass is 10.1. The minimum atomic E-state index is 0.589. The van der Waals surface area contributed by atoms with Crippen molar-refractivity contribution in [1.29, 1.82) is 0 Å². The zero-order valence-corrected chi connectivity index (χ0v) is 12.0. The number of hydrogen-bond donors (Lipinski definition) is 1. The number of nitrogens with zero attached hydrogens (tertiary/aromatic N) is 1. The fourth-order valence-electron chi connectivity index (χ4n) is 2.58. The van der Waals surface area contributed by atoms with Gasteiger partial charge in [-0.3, -0.25) is 4.90 Å². The van der Waals surface area contributed by atoms with Gasteiger partial charge in [0, 0.05) is 29.5 Å². The van der Waals surface area contributed by atoms with E-state index in [4.69, 9.17) is 0 Å². The summed E-state index contributed by atoms with van der Waals surface area (Å²) in [6.45, 7) is 9.35. The van der Waals surface area contributed by atoms with Crippen LogP contribution in [0.25, 0.3) is 0 Å². The summed E-state index contributed by atoms with van der Waals surface area (Å²) in [4.78, 5) is 4.05. The van der Waals surface area contributed by atoms with Gasteiger partial charge in [-0.15, -0.1) is 11.3 Å². The predicted molar refractivity (Wildman–Crippen MR) is 75.7 cm³/mol.